The van der Waals surface area contributed by atoms with E-state index in [9.17, 15) is 4.79 Å². The van der Waals surface area contributed by atoms with Crippen molar-refractivity contribution in [2.75, 3.05) is 33.0 Å². The molecule has 2 aliphatic heterocycles. The van der Waals surface area contributed by atoms with Gasteiger partial charge in [-0.2, -0.15) is 0 Å². The predicted molar refractivity (Wildman–Crippen MR) is 124 cm³/mol. The molecule has 5 rings (SSSR count). The highest BCUT2D eigenvalue weighted by Crippen LogP contribution is 2.33. The van der Waals surface area contributed by atoms with Crippen molar-refractivity contribution in [3.05, 3.63) is 102 Å². The highest BCUT2D eigenvalue weighted by Gasteiger charge is 2.22. The zero-order valence-corrected chi connectivity index (χ0v) is 17.9. The van der Waals surface area contributed by atoms with Crippen LogP contribution in [0.2, 0.25) is 0 Å². The van der Waals surface area contributed by atoms with Crippen LogP contribution >= 0.6 is 0 Å². The molecule has 0 spiro atoms. The molecule has 0 saturated carbocycles. The van der Waals surface area contributed by atoms with Crippen molar-refractivity contribution < 1.29 is 14.3 Å². The van der Waals surface area contributed by atoms with E-state index in [-0.39, 0.29) is 5.91 Å². The van der Waals surface area contributed by atoms with Crippen molar-refractivity contribution in [3.8, 4) is 11.5 Å². The van der Waals surface area contributed by atoms with Gasteiger partial charge in [-0.1, -0.05) is 66.7 Å². The number of carbonyl (C=O) groups is 1. The molecule has 0 bridgehead atoms. The second kappa shape index (κ2) is 9.28. The zero-order chi connectivity index (χ0) is 21.8. The molecule has 0 unspecified atom stereocenters. The lowest BCUT2D eigenvalue weighted by molar-refractivity contribution is -0.127. The number of benzene rings is 3. The molecule has 0 aromatic heterocycles. The first-order valence-electron chi connectivity index (χ1n) is 11.0. The van der Waals surface area contributed by atoms with E-state index in [1.165, 1.54) is 5.56 Å². The molecule has 0 radical (unpaired) electrons. The Morgan fingerprint density at radius 3 is 2.06 bits per heavy atom. The molecule has 3 aromatic carbocycles. The lowest BCUT2D eigenvalue weighted by Gasteiger charge is -2.34. The summed E-state index contributed by atoms with van der Waals surface area (Å²) in [6, 6.07) is 26.3. The Hall–Kier alpha value is -3.57. The lowest BCUT2D eigenvalue weighted by atomic mass is 9.97. The van der Waals surface area contributed by atoms with Gasteiger partial charge in [0.15, 0.2) is 11.5 Å². The first-order chi connectivity index (χ1) is 15.8. The molecule has 162 valence electrons. The van der Waals surface area contributed by atoms with Gasteiger partial charge in [-0.3, -0.25) is 9.69 Å². The molecule has 0 aliphatic carbocycles. The first-order valence-corrected chi connectivity index (χ1v) is 11.0. The van der Waals surface area contributed by atoms with Gasteiger partial charge in [-0.05, 0) is 34.4 Å². The fourth-order valence-electron chi connectivity index (χ4n) is 4.21. The van der Waals surface area contributed by atoms with Gasteiger partial charge in [-0.15, -0.1) is 0 Å². The summed E-state index contributed by atoms with van der Waals surface area (Å²) < 4.78 is 10.9. The Morgan fingerprint density at radius 1 is 0.781 bits per heavy atom. The van der Waals surface area contributed by atoms with Crippen molar-refractivity contribution in [2.24, 2.45) is 0 Å². The second-order valence-corrected chi connectivity index (χ2v) is 8.08. The largest absolute Gasteiger partial charge is 0.454 e. The van der Waals surface area contributed by atoms with Crippen LogP contribution in [0.1, 0.15) is 16.7 Å². The van der Waals surface area contributed by atoms with Crippen LogP contribution in [0.25, 0.3) is 5.57 Å². The average Bonchev–Trinajstić information content (AvgIpc) is 3.32. The fraction of sp³-hybridized carbons (Fsp3) is 0.222. The monoisotopic (exact) mass is 426 g/mol. The highest BCUT2D eigenvalue weighted by molar-refractivity contribution is 5.99. The van der Waals surface area contributed by atoms with E-state index in [1.54, 1.807) is 6.08 Å². The van der Waals surface area contributed by atoms with E-state index in [4.69, 9.17) is 9.47 Å². The van der Waals surface area contributed by atoms with E-state index in [0.717, 1.165) is 60.9 Å². The molecule has 2 heterocycles. The zero-order valence-electron chi connectivity index (χ0n) is 17.9. The third-order valence-electron chi connectivity index (χ3n) is 5.96. The number of carbonyl (C=O) groups excluding carboxylic acids is 1. The summed E-state index contributed by atoms with van der Waals surface area (Å²) in [5.41, 5.74) is 4.25. The summed E-state index contributed by atoms with van der Waals surface area (Å²) in [7, 11) is 0. The van der Waals surface area contributed by atoms with Crippen LogP contribution in [0.15, 0.2) is 84.9 Å². The van der Waals surface area contributed by atoms with Crippen molar-refractivity contribution >= 4 is 11.5 Å². The van der Waals surface area contributed by atoms with Crippen LogP contribution in [0.4, 0.5) is 0 Å². The number of hydrogen-bond donors (Lipinski definition) is 0. The minimum Gasteiger partial charge on any atom is -0.454 e. The topological polar surface area (TPSA) is 42.0 Å². The van der Waals surface area contributed by atoms with E-state index in [1.807, 2.05) is 47.4 Å². The summed E-state index contributed by atoms with van der Waals surface area (Å²) in [4.78, 5) is 17.5. The van der Waals surface area contributed by atoms with Crippen LogP contribution < -0.4 is 9.47 Å². The molecule has 5 heteroatoms. The van der Waals surface area contributed by atoms with E-state index in [2.05, 4.69) is 41.3 Å². The van der Waals surface area contributed by atoms with Gasteiger partial charge in [0.1, 0.15) is 0 Å². The third kappa shape index (κ3) is 4.53. The number of fused-ring (bicyclic) bond motifs is 1. The van der Waals surface area contributed by atoms with Gasteiger partial charge in [0.2, 0.25) is 12.7 Å². The lowest BCUT2D eigenvalue weighted by Crippen LogP contribution is -2.47. The summed E-state index contributed by atoms with van der Waals surface area (Å²) in [5, 5.41) is 0. The molecule has 1 fully saturated rings. The van der Waals surface area contributed by atoms with Crippen molar-refractivity contribution in [1.82, 2.24) is 9.80 Å². The van der Waals surface area contributed by atoms with Crippen molar-refractivity contribution in [2.45, 2.75) is 6.54 Å². The van der Waals surface area contributed by atoms with E-state index < -0.39 is 0 Å². The summed E-state index contributed by atoms with van der Waals surface area (Å²) in [6.07, 6.45) is 1.79. The minimum absolute atomic E-state index is 0.0652. The maximum Gasteiger partial charge on any atom is 0.247 e. The second-order valence-electron chi connectivity index (χ2n) is 8.08. The number of amides is 1. The fourth-order valence-corrected chi connectivity index (χ4v) is 4.21. The van der Waals surface area contributed by atoms with E-state index in [0.29, 0.717) is 6.79 Å². The van der Waals surface area contributed by atoms with Gasteiger partial charge in [0, 0.05) is 38.8 Å². The van der Waals surface area contributed by atoms with Crippen LogP contribution in [-0.4, -0.2) is 48.7 Å². The Labute approximate surface area is 188 Å². The maximum absolute atomic E-state index is 13.1. The quantitative estimate of drug-likeness (QED) is 0.574. The van der Waals surface area contributed by atoms with Gasteiger partial charge >= 0.3 is 0 Å². The minimum atomic E-state index is 0.0652. The van der Waals surface area contributed by atoms with Gasteiger partial charge in [-0.25, -0.2) is 0 Å². The Kier molecular flexibility index (Phi) is 5.90. The molecule has 1 amide bonds. The number of piperazine rings is 1. The van der Waals surface area contributed by atoms with Crippen LogP contribution in [0, 0.1) is 0 Å². The third-order valence-corrected chi connectivity index (χ3v) is 5.96. The summed E-state index contributed by atoms with van der Waals surface area (Å²) in [5.74, 6) is 1.69. The number of nitrogens with zero attached hydrogens (tertiary/aromatic N) is 2. The molecule has 0 N–H and O–H groups in total. The summed E-state index contributed by atoms with van der Waals surface area (Å²) in [6.45, 7) is 4.27. The van der Waals surface area contributed by atoms with Gasteiger partial charge in [0.25, 0.3) is 0 Å². The molecular formula is C27H26N2O3. The molecule has 5 nitrogen and oxygen atoms in total. The first kappa shape index (κ1) is 20.3. The van der Waals surface area contributed by atoms with Crippen LogP contribution in [0.5, 0.6) is 11.5 Å². The van der Waals surface area contributed by atoms with Crippen LogP contribution in [-0.2, 0) is 11.3 Å². The van der Waals surface area contributed by atoms with Crippen LogP contribution in [0.3, 0.4) is 0 Å². The molecule has 0 atom stereocenters. The Balaban J connectivity index is 1.25. The average molecular weight is 427 g/mol. The highest BCUT2D eigenvalue weighted by atomic mass is 16.7. The summed E-state index contributed by atoms with van der Waals surface area (Å²) >= 11 is 0. The van der Waals surface area contributed by atoms with Gasteiger partial charge < -0.3 is 14.4 Å². The maximum atomic E-state index is 13.1. The number of ether oxygens (including phenoxy) is 2. The molecular weight excluding hydrogens is 400 g/mol. The van der Waals surface area contributed by atoms with Crippen molar-refractivity contribution in [1.29, 1.82) is 0 Å². The molecule has 1 saturated heterocycles. The molecule has 32 heavy (non-hydrogen) atoms. The number of hydrogen-bond acceptors (Lipinski definition) is 4. The Morgan fingerprint density at radius 2 is 1.41 bits per heavy atom. The normalized spacial score (nSPS) is 15.4. The smallest absolute Gasteiger partial charge is 0.247 e. The Bertz CT molecular complexity index is 1060. The standard InChI is InChI=1S/C27H26N2O3/c30-27(18-24(22-7-3-1-4-8-22)23-9-5-2-6-10-23)29-15-13-28(14-16-29)19-21-11-12-25-26(17-21)32-20-31-25/h1-12,17-18H,13-16,19-20H2. The predicted octanol–water partition coefficient (Wildman–Crippen LogP) is 4.19. The SMILES string of the molecule is O=C(C=C(c1ccccc1)c1ccccc1)N1CCN(Cc2ccc3c(c2)OCO3)CC1. The van der Waals surface area contributed by atoms with Gasteiger partial charge in [0.05, 0.1) is 0 Å². The van der Waals surface area contributed by atoms with Crippen molar-refractivity contribution in [3.63, 3.8) is 0 Å². The molecule has 2 aliphatic rings. The molecule has 3 aromatic rings. The van der Waals surface area contributed by atoms with E-state index >= 15 is 0 Å². The number of rotatable bonds is 5.